The van der Waals surface area contributed by atoms with Crippen molar-refractivity contribution in [3.05, 3.63) is 70.0 Å². The van der Waals surface area contributed by atoms with E-state index in [2.05, 4.69) is 5.32 Å². The lowest BCUT2D eigenvalue weighted by Gasteiger charge is -2.27. The highest BCUT2D eigenvalue weighted by Crippen LogP contribution is 2.27. The maximum atomic E-state index is 13.3. The summed E-state index contributed by atoms with van der Waals surface area (Å²) in [4.78, 5) is 16.3. The predicted molar refractivity (Wildman–Crippen MR) is 104 cm³/mol. The van der Waals surface area contributed by atoms with Gasteiger partial charge in [-0.3, -0.25) is 0 Å². The molecule has 2 aromatic rings. The van der Waals surface area contributed by atoms with Crippen molar-refractivity contribution >= 4 is 30.0 Å². The molecule has 7 heteroatoms. The number of benzene rings is 2. The summed E-state index contributed by atoms with van der Waals surface area (Å²) in [6, 6.07) is 12.2. The van der Waals surface area contributed by atoms with Crippen LogP contribution in [-0.4, -0.2) is 36.5 Å². The van der Waals surface area contributed by atoms with Gasteiger partial charge >= 0.3 is 6.03 Å². The van der Waals surface area contributed by atoms with E-state index >= 15 is 0 Å². The number of hydrogen-bond acceptors (Lipinski definition) is 2. The van der Waals surface area contributed by atoms with Crippen LogP contribution in [0.2, 0.25) is 5.02 Å². The van der Waals surface area contributed by atoms with E-state index in [-0.39, 0.29) is 30.3 Å². The van der Waals surface area contributed by atoms with Gasteiger partial charge < -0.3 is 15.1 Å². The van der Waals surface area contributed by atoms with Gasteiger partial charge in [0.05, 0.1) is 6.04 Å². The van der Waals surface area contributed by atoms with Crippen LogP contribution in [0.3, 0.4) is 0 Å². The van der Waals surface area contributed by atoms with Crippen LogP contribution in [-0.2, 0) is 13.1 Å². The van der Waals surface area contributed by atoms with Gasteiger partial charge in [0, 0.05) is 24.7 Å². The number of halogens is 3. The lowest BCUT2D eigenvalue weighted by atomic mass is 10.1. The molecular weight excluding hydrogens is 376 g/mol. The first-order valence-electron chi connectivity index (χ1n) is 8.16. The number of amides is 2. The molecule has 0 bridgehead atoms. The summed E-state index contributed by atoms with van der Waals surface area (Å²) in [6.45, 7) is 1.63. The van der Waals surface area contributed by atoms with Gasteiger partial charge in [-0.05, 0) is 42.9 Å². The van der Waals surface area contributed by atoms with Crippen LogP contribution in [0.5, 0.6) is 0 Å². The number of urea groups is 1. The van der Waals surface area contributed by atoms with Crippen LogP contribution in [0.25, 0.3) is 0 Å². The molecule has 4 nitrogen and oxygen atoms in total. The molecule has 1 N–H and O–H groups in total. The highest BCUT2D eigenvalue weighted by Gasteiger charge is 2.24. The van der Waals surface area contributed by atoms with E-state index in [0.717, 1.165) is 5.56 Å². The first-order valence-corrected chi connectivity index (χ1v) is 8.54. The largest absolute Gasteiger partial charge is 0.336 e. The van der Waals surface area contributed by atoms with Crippen molar-refractivity contribution in [1.29, 1.82) is 0 Å². The first-order chi connectivity index (χ1) is 12.0. The molecule has 1 heterocycles. The fourth-order valence-electron chi connectivity index (χ4n) is 3.11. The van der Waals surface area contributed by atoms with E-state index < -0.39 is 0 Å². The molecule has 1 aliphatic rings. The van der Waals surface area contributed by atoms with Gasteiger partial charge in [0.15, 0.2) is 0 Å². The van der Waals surface area contributed by atoms with Gasteiger partial charge in [-0.25, -0.2) is 9.18 Å². The lowest BCUT2D eigenvalue weighted by Crippen LogP contribution is -2.41. The SMILES string of the molecule is CN(C)C(CNC(=O)N1Cc2ccccc2C1)c1ccc(F)cc1Cl.Cl. The van der Waals surface area contributed by atoms with E-state index in [1.165, 1.54) is 23.3 Å². The number of carbonyl (C=O) groups is 1. The monoisotopic (exact) mass is 397 g/mol. The molecule has 0 fully saturated rings. The molecule has 140 valence electrons. The van der Waals surface area contributed by atoms with Crippen molar-refractivity contribution in [1.82, 2.24) is 15.1 Å². The molecule has 0 saturated carbocycles. The van der Waals surface area contributed by atoms with Crippen molar-refractivity contribution in [3.8, 4) is 0 Å². The molecule has 26 heavy (non-hydrogen) atoms. The quantitative estimate of drug-likeness (QED) is 0.837. The molecule has 1 atom stereocenters. The molecule has 2 aromatic carbocycles. The summed E-state index contributed by atoms with van der Waals surface area (Å²) < 4.78 is 13.3. The Morgan fingerprint density at radius 2 is 1.85 bits per heavy atom. The minimum atomic E-state index is -0.370. The maximum Gasteiger partial charge on any atom is 0.318 e. The number of fused-ring (bicyclic) bond motifs is 1. The zero-order valence-corrected chi connectivity index (χ0v) is 16.3. The van der Waals surface area contributed by atoms with Gasteiger partial charge in [0.25, 0.3) is 0 Å². The molecule has 0 radical (unpaired) electrons. The average Bonchev–Trinajstić information content (AvgIpc) is 3.00. The highest BCUT2D eigenvalue weighted by atomic mass is 35.5. The predicted octanol–water partition coefficient (Wildman–Crippen LogP) is 4.23. The van der Waals surface area contributed by atoms with Crippen molar-refractivity contribution in [2.24, 2.45) is 0 Å². The van der Waals surface area contributed by atoms with Gasteiger partial charge in [-0.1, -0.05) is 41.9 Å². The molecule has 0 aliphatic carbocycles. The van der Waals surface area contributed by atoms with Crippen LogP contribution in [0.15, 0.2) is 42.5 Å². The third kappa shape index (κ3) is 4.47. The number of nitrogens with zero attached hydrogens (tertiary/aromatic N) is 2. The van der Waals surface area contributed by atoms with Crippen LogP contribution >= 0.6 is 24.0 Å². The Morgan fingerprint density at radius 1 is 1.23 bits per heavy atom. The van der Waals surface area contributed by atoms with Gasteiger partial charge in [0.2, 0.25) is 0 Å². The second-order valence-electron chi connectivity index (χ2n) is 6.46. The minimum Gasteiger partial charge on any atom is -0.336 e. The summed E-state index contributed by atoms with van der Waals surface area (Å²) in [5.74, 6) is -0.370. The second-order valence-corrected chi connectivity index (χ2v) is 6.86. The molecule has 0 saturated heterocycles. The Bertz CT molecular complexity index is 760. The number of nitrogens with one attached hydrogen (secondary N) is 1. The Hall–Kier alpha value is -1.82. The molecule has 0 spiro atoms. The summed E-state index contributed by atoms with van der Waals surface area (Å²) in [5, 5.41) is 3.34. The molecule has 1 unspecified atom stereocenters. The minimum absolute atomic E-state index is 0. The van der Waals surface area contributed by atoms with E-state index in [4.69, 9.17) is 11.6 Å². The van der Waals surface area contributed by atoms with Crippen molar-refractivity contribution in [3.63, 3.8) is 0 Å². The number of carbonyl (C=O) groups excluding carboxylic acids is 1. The lowest BCUT2D eigenvalue weighted by molar-refractivity contribution is 0.193. The van der Waals surface area contributed by atoms with Crippen molar-refractivity contribution < 1.29 is 9.18 Å². The highest BCUT2D eigenvalue weighted by molar-refractivity contribution is 6.31. The summed E-state index contributed by atoms with van der Waals surface area (Å²) >= 11 is 6.18. The van der Waals surface area contributed by atoms with Crippen molar-refractivity contribution in [2.45, 2.75) is 19.1 Å². The van der Waals surface area contributed by atoms with E-state index in [1.807, 2.05) is 43.3 Å². The fourth-order valence-corrected chi connectivity index (χ4v) is 3.41. The Kier molecular flexibility index (Phi) is 6.87. The first kappa shape index (κ1) is 20.5. The van der Waals surface area contributed by atoms with E-state index in [9.17, 15) is 9.18 Å². The molecule has 3 rings (SSSR count). The number of hydrogen-bond donors (Lipinski definition) is 1. The number of rotatable bonds is 4. The topological polar surface area (TPSA) is 35.6 Å². The van der Waals surface area contributed by atoms with Crippen LogP contribution < -0.4 is 5.32 Å². The van der Waals surface area contributed by atoms with Crippen LogP contribution in [0, 0.1) is 5.82 Å². The van der Waals surface area contributed by atoms with Gasteiger partial charge in [0.1, 0.15) is 5.82 Å². The van der Waals surface area contributed by atoms with Crippen LogP contribution in [0.1, 0.15) is 22.7 Å². The Labute approximate surface area is 164 Å². The Balaban J connectivity index is 0.00000243. The zero-order chi connectivity index (χ0) is 18.0. The molecular formula is C19H22Cl2FN3O. The normalized spacial score (nSPS) is 14.0. The van der Waals surface area contributed by atoms with Crippen LogP contribution in [0.4, 0.5) is 9.18 Å². The third-order valence-corrected chi connectivity index (χ3v) is 4.85. The van der Waals surface area contributed by atoms with E-state index in [1.54, 1.807) is 11.0 Å². The average molecular weight is 398 g/mol. The van der Waals surface area contributed by atoms with E-state index in [0.29, 0.717) is 24.7 Å². The summed E-state index contributed by atoms with van der Waals surface area (Å²) in [6.07, 6.45) is 0. The standard InChI is InChI=1S/C19H21ClFN3O.ClH/c1-23(2)18(16-8-7-15(21)9-17(16)20)10-22-19(25)24-11-13-5-3-4-6-14(13)12-24;/h3-9,18H,10-12H2,1-2H3,(H,22,25);1H. The van der Waals surface area contributed by atoms with Gasteiger partial charge in [-0.15, -0.1) is 12.4 Å². The summed E-state index contributed by atoms with van der Waals surface area (Å²) in [7, 11) is 3.81. The molecule has 1 aliphatic heterocycles. The fraction of sp³-hybridized carbons (Fsp3) is 0.316. The maximum absolute atomic E-state index is 13.3. The Morgan fingerprint density at radius 3 is 2.38 bits per heavy atom. The molecule has 2 amide bonds. The summed E-state index contributed by atoms with van der Waals surface area (Å²) in [5.41, 5.74) is 3.16. The second kappa shape index (κ2) is 8.71. The third-order valence-electron chi connectivity index (χ3n) is 4.52. The van der Waals surface area contributed by atoms with Crippen molar-refractivity contribution in [2.75, 3.05) is 20.6 Å². The number of likely N-dealkylation sites (N-methyl/N-ethyl adjacent to an activating group) is 1. The van der Waals surface area contributed by atoms with Gasteiger partial charge in [-0.2, -0.15) is 0 Å². The zero-order valence-electron chi connectivity index (χ0n) is 14.7. The smallest absolute Gasteiger partial charge is 0.318 e. The molecule has 0 aromatic heterocycles.